The molecule has 0 spiro atoms. The molecule has 2 aromatic carbocycles. The summed E-state index contributed by atoms with van der Waals surface area (Å²) in [5.41, 5.74) is 3.50. The molecule has 1 atom stereocenters. The minimum atomic E-state index is -0.190. The highest BCUT2D eigenvalue weighted by molar-refractivity contribution is 6.13. The summed E-state index contributed by atoms with van der Waals surface area (Å²) in [6.07, 6.45) is 3.11. The predicted octanol–water partition coefficient (Wildman–Crippen LogP) is 2.53. The van der Waals surface area contributed by atoms with Gasteiger partial charge in [0.05, 0.1) is 17.7 Å². The first kappa shape index (κ1) is 9.71. The highest BCUT2D eigenvalue weighted by Gasteiger charge is 2.39. The van der Waals surface area contributed by atoms with Crippen molar-refractivity contribution in [2.75, 3.05) is 10.2 Å². The van der Waals surface area contributed by atoms with E-state index in [-0.39, 0.29) is 12.1 Å². The van der Waals surface area contributed by atoms with Crippen LogP contribution in [0, 0.1) is 6.42 Å². The van der Waals surface area contributed by atoms with Crippen molar-refractivity contribution in [2.45, 2.75) is 6.17 Å². The van der Waals surface area contributed by atoms with Gasteiger partial charge in [0.15, 0.2) is 0 Å². The summed E-state index contributed by atoms with van der Waals surface area (Å²) >= 11 is 0. The van der Waals surface area contributed by atoms with Gasteiger partial charge in [-0.3, -0.25) is 9.69 Å². The molecule has 86 valence electrons. The van der Waals surface area contributed by atoms with Crippen LogP contribution in [0.3, 0.4) is 0 Å². The van der Waals surface area contributed by atoms with Gasteiger partial charge in [-0.1, -0.05) is 30.3 Å². The van der Waals surface area contributed by atoms with Gasteiger partial charge in [-0.15, -0.1) is 0 Å². The number of nitrogens with zero attached hydrogens (tertiary/aromatic N) is 1. The molecule has 1 N–H and O–H groups in total. The molecule has 2 aromatic rings. The minimum Gasteiger partial charge on any atom is -0.363 e. The molecule has 2 aliphatic rings. The molecule has 3 nitrogen and oxygen atoms in total. The fourth-order valence-corrected chi connectivity index (χ4v) is 2.56. The maximum Gasteiger partial charge on any atom is 0.262 e. The number of nitrogens with one attached hydrogen (secondary N) is 1. The molecule has 0 aliphatic carbocycles. The molecule has 2 aliphatic heterocycles. The molecule has 0 fully saturated rings. The Labute approximate surface area is 105 Å². The Hall–Kier alpha value is -2.29. The number of anilines is 2. The lowest BCUT2D eigenvalue weighted by Crippen LogP contribution is -2.46. The maximum atomic E-state index is 12.5. The second kappa shape index (κ2) is 3.35. The van der Waals surface area contributed by atoms with Crippen LogP contribution in [0.1, 0.15) is 15.9 Å². The van der Waals surface area contributed by atoms with Crippen LogP contribution in [0.4, 0.5) is 11.4 Å². The van der Waals surface area contributed by atoms with Gasteiger partial charge >= 0.3 is 0 Å². The Morgan fingerprint density at radius 1 is 1.06 bits per heavy atom. The van der Waals surface area contributed by atoms with Gasteiger partial charge in [0.1, 0.15) is 6.17 Å². The lowest BCUT2D eigenvalue weighted by atomic mass is 10.1. The van der Waals surface area contributed by atoms with E-state index in [2.05, 4.69) is 11.7 Å². The van der Waals surface area contributed by atoms with Crippen LogP contribution >= 0.6 is 0 Å². The largest absolute Gasteiger partial charge is 0.363 e. The number of fused-ring (bicyclic) bond motifs is 4. The standard InChI is InChI=1S/C15H10N2O/c18-15-11-6-2-3-7-12(11)16-14-9-10-5-1-4-8-13(10)17(14)15/h1-8,14,16H. The normalized spacial score (nSPS) is 19.9. The van der Waals surface area contributed by atoms with Crippen LogP contribution in [-0.4, -0.2) is 12.1 Å². The molecular formula is C15H10N2O. The summed E-state index contributed by atoms with van der Waals surface area (Å²) in [6.45, 7) is 0. The van der Waals surface area contributed by atoms with Gasteiger partial charge in [-0.25, -0.2) is 0 Å². The van der Waals surface area contributed by atoms with Crippen LogP contribution in [-0.2, 0) is 0 Å². The average molecular weight is 234 g/mol. The monoisotopic (exact) mass is 234 g/mol. The SMILES string of the molecule is O=C1c2ccccc2NC2[C]c3ccccc3N12. The van der Waals surface area contributed by atoms with Crippen molar-refractivity contribution in [1.82, 2.24) is 0 Å². The topological polar surface area (TPSA) is 32.3 Å². The molecule has 1 unspecified atom stereocenters. The molecule has 0 bridgehead atoms. The zero-order valence-electron chi connectivity index (χ0n) is 9.55. The van der Waals surface area contributed by atoms with Gasteiger partial charge in [-0.05, 0) is 23.8 Å². The number of carbonyl (C=O) groups excluding carboxylic acids is 1. The minimum absolute atomic E-state index is 0.0341. The number of hydrogen-bond acceptors (Lipinski definition) is 2. The van der Waals surface area contributed by atoms with Gasteiger partial charge in [0.2, 0.25) is 0 Å². The molecule has 0 aromatic heterocycles. The second-order valence-corrected chi connectivity index (χ2v) is 4.43. The van der Waals surface area contributed by atoms with E-state index in [1.54, 1.807) is 4.90 Å². The summed E-state index contributed by atoms with van der Waals surface area (Å²) < 4.78 is 0. The van der Waals surface area contributed by atoms with E-state index in [0.717, 1.165) is 16.9 Å². The summed E-state index contributed by atoms with van der Waals surface area (Å²) in [4.78, 5) is 14.3. The number of rotatable bonds is 0. The third kappa shape index (κ3) is 1.16. The smallest absolute Gasteiger partial charge is 0.262 e. The van der Waals surface area contributed by atoms with Crippen molar-refractivity contribution in [3.05, 3.63) is 66.1 Å². The number of carbonyl (C=O) groups is 1. The summed E-state index contributed by atoms with van der Waals surface area (Å²) in [7, 11) is 0. The first-order chi connectivity index (χ1) is 8.84. The van der Waals surface area contributed by atoms with E-state index in [0.29, 0.717) is 5.56 Å². The Bertz CT molecular complexity index is 650. The van der Waals surface area contributed by atoms with Crippen LogP contribution in [0.5, 0.6) is 0 Å². The van der Waals surface area contributed by atoms with Gasteiger partial charge < -0.3 is 5.32 Å². The van der Waals surface area contributed by atoms with E-state index >= 15 is 0 Å². The van der Waals surface area contributed by atoms with E-state index in [1.807, 2.05) is 48.5 Å². The lowest BCUT2D eigenvalue weighted by molar-refractivity contribution is 0.0981. The molecule has 3 heteroatoms. The van der Waals surface area contributed by atoms with Crippen molar-refractivity contribution in [2.24, 2.45) is 0 Å². The quantitative estimate of drug-likeness (QED) is 0.759. The Morgan fingerprint density at radius 3 is 2.78 bits per heavy atom. The Balaban J connectivity index is 1.88. The van der Waals surface area contributed by atoms with Crippen molar-refractivity contribution < 1.29 is 4.79 Å². The number of para-hydroxylation sites is 2. The molecule has 0 saturated heterocycles. The fraction of sp³-hybridized carbons (Fsp3) is 0.0667. The third-order valence-corrected chi connectivity index (χ3v) is 3.38. The van der Waals surface area contributed by atoms with Gasteiger partial charge in [0, 0.05) is 5.69 Å². The Kier molecular flexibility index (Phi) is 1.81. The first-order valence-corrected chi connectivity index (χ1v) is 5.89. The summed E-state index contributed by atoms with van der Waals surface area (Å²) in [5, 5.41) is 3.33. The number of amides is 1. The predicted molar refractivity (Wildman–Crippen MR) is 69.4 cm³/mol. The molecule has 18 heavy (non-hydrogen) atoms. The van der Waals surface area contributed by atoms with Crippen molar-refractivity contribution in [3.63, 3.8) is 0 Å². The van der Waals surface area contributed by atoms with E-state index < -0.39 is 0 Å². The average Bonchev–Trinajstić information content (AvgIpc) is 2.77. The van der Waals surface area contributed by atoms with Crippen LogP contribution in [0.15, 0.2) is 48.5 Å². The van der Waals surface area contributed by atoms with Crippen molar-refractivity contribution >= 4 is 17.3 Å². The highest BCUT2D eigenvalue weighted by atomic mass is 16.2. The molecule has 4 rings (SSSR count). The zero-order chi connectivity index (χ0) is 12.1. The van der Waals surface area contributed by atoms with E-state index in [9.17, 15) is 4.79 Å². The second-order valence-electron chi connectivity index (χ2n) is 4.43. The fourth-order valence-electron chi connectivity index (χ4n) is 2.56. The zero-order valence-corrected chi connectivity index (χ0v) is 9.55. The molecule has 2 radical (unpaired) electrons. The number of hydrogen-bond donors (Lipinski definition) is 1. The molecule has 0 saturated carbocycles. The highest BCUT2D eigenvalue weighted by Crippen LogP contribution is 2.38. The van der Waals surface area contributed by atoms with Gasteiger partial charge in [0.25, 0.3) is 5.91 Å². The van der Waals surface area contributed by atoms with Crippen LogP contribution < -0.4 is 10.2 Å². The Morgan fingerprint density at radius 2 is 1.83 bits per heavy atom. The molecular weight excluding hydrogens is 224 g/mol. The van der Waals surface area contributed by atoms with Crippen molar-refractivity contribution in [1.29, 1.82) is 0 Å². The van der Waals surface area contributed by atoms with Gasteiger partial charge in [-0.2, -0.15) is 0 Å². The molecule has 1 amide bonds. The van der Waals surface area contributed by atoms with E-state index in [1.165, 1.54) is 0 Å². The first-order valence-electron chi connectivity index (χ1n) is 5.89. The van der Waals surface area contributed by atoms with Crippen LogP contribution in [0.2, 0.25) is 0 Å². The lowest BCUT2D eigenvalue weighted by Gasteiger charge is -2.32. The number of benzene rings is 2. The summed E-state index contributed by atoms with van der Waals surface area (Å²) in [5.74, 6) is 0.0341. The third-order valence-electron chi connectivity index (χ3n) is 3.38. The van der Waals surface area contributed by atoms with Crippen LogP contribution in [0.25, 0.3) is 0 Å². The maximum absolute atomic E-state index is 12.5. The molecule has 2 heterocycles. The van der Waals surface area contributed by atoms with E-state index in [4.69, 9.17) is 0 Å². The van der Waals surface area contributed by atoms with Crippen molar-refractivity contribution in [3.8, 4) is 0 Å². The summed E-state index contributed by atoms with van der Waals surface area (Å²) in [6, 6.07) is 15.4.